The van der Waals surface area contributed by atoms with Gasteiger partial charge in [-0.3, -0.25) is 0 Å². The molecule has 2 aromatic rings. The van der Waals surface area contributed by atoms with Crippen molar-refractivity contribution in [2.24, 2.45) is 0 Å². The van der Waals surface area contributed by atoms with Gasteiger partial charge in [0.15, 0.2) is 0 Å². The van der Waals surface area contributed by atoms with Crippen LogP contribution < -0.4 is 4.74 Å². The van der Waals surface area contributed by atoms with E-state index in [-0.39, 0.29) is 17.0 Å². The number of carbonyl (C=O) groups is 1. The summed E-state index contributed by atoms with van der Waals surface area (Å²) in [5.74, 6) is -1.26. The van der Waals surface area contributed by atoms with Crippen LogP contribution in [0.4, 0.5) is 4.39 Å². The number of halogens is 1. The molecule has 0 saturated carbocycles. The summed E-state index contributed by atoms with van der Waals surface area (Å²) < 4.78 is 18.7. The molecule has 0 amide bonds. The van der Waals surface area contributed by atoms with Crippen LogP contribution in [-0.4, -0.2) is 23.2 Å². The molecule has 92 valence electrons. The van der Waals surface area contributed by atoms with E-state index in [0.717, 1.165) is 0 Å². The van der Waals surface area contributed by atoms with Gasteiger partial charge in [0.05, 0.1) is 12.8 Å². The number of aromatic nitrogens is 1. The van der Waals surface area contributed by atoms with Crippen LogP contribution in [0.3, 0.4) is 0 Å². The van der Waals surface area contributed by atoms with E-state index in [2.05, 4.69) is 4.98 Å². The van der Waals surface area contributed by atoms with Gasteiger partial charge in [0.25, 0.3) is 0 Å². The average molecular weight is 247 g/mol. The number of ether oxygens (including phenoxy) is 1. The molecule has 0 unspecified atom stereocenters. The average Bonchev–Trinajstić information content (AvgIpc) is 2.38. The van der Waals surface area contributed by atoms with Crippen molar-refractivity contribution in [1.82, 2.24) is 4.98 Å². The van der Waals surface area contributed by atoms with E-state index < -0.39 is 11.8 Å². The fraction of sp³-hybridized carbons (Fsp3) is 0.0769. The minimum Gasteiger partial charge on any atom is -0.497 e. The molecule has 0 fully saturated rings. The maximum atomic E-state index is 13.8. The quantitative estimate of drug-likeness (QED) is 0.905. The van der Waals surface area contributed by atoms with E-state index in [1.165, 1.54) is 31.4 Å². The molecule has 1 aromatic heterocycles. The molecule has 0 radical (unpaired) electrons. The molecule has 0 saturated heterocycles. The van der Waals surface area contributed by atoms with Crippen LogP contribution in [0.5, 0.6) is 5.75 Å². The Bertz CT molecular complexity index is 599. The SMILES string of the molecule is COc1ccc(-c2cccc(C(=O)O)n2)c(F)c1. The molecule has 1 heterocycles. The zero-order valence-electron chi connectivity index (χ0n) is 9.55. The monoisotopic (exact) mass is 247 g/mol. The lowest BCUT2D eigenvalue weighted by Gasteiger charge is -2.05. The lowest BCUT2D eigenvalue weighted by atomic mass is 10.1. The molecule has 0 atom stereocenters. The number of hydrogen-bond donors (Lipinski definition) is 1. The lowest BCUT2D eigenvalue weighted by Crippen LogP contribution is -2.01. The summed E-state index contributed by atoms with van der Waals surface area (Å²) in [6, 6.07) is 8.75. The molecule has 0 aliphatic carbocycles. The molecule has 18 heavy (non-hydrogen) atoms. The number of aromatic carboxylic acids is 1. The maximum Gasteiger partial charge on any atom is 0.354 e. The number of carboxylic acids is 1. The smallest absolute Gasteiger partial charge is 0.354 e. The van der Waals surface area contributed by atoms with E-state index in [0.29, 0.717) is 5.75 Å². The number of pyridine rings is 1. The van der Waals surface area contributed by atoms with Crippen LogP contribution in [0.1, 0.15) is 10.5 Å². The fourth-order valence-electron chi connectivity index (χ4n) is 1.53. The van der Waals surface area contributed by atoms with Gasteiger partial charge in [-0.2, -0.15) is 0 Å². The van der Waals surface area contributed by atoms with Gasteiger partial charge in [-0.25, -0.2) is 14.2 Å². The van der Waals surface area contributed by atoms with Crippen LogP contribution in [0.15, 0.2) is 36.4 Å². The number of nitrogens with zero attached hydrogens (tertiary/aromatic N) is 1. The summed E-state index contributed by atoms with van der Waals surface area (Å²) in [5, 5.41) is 8.83. The first-order valence-electron chi connectivity index (χ1n) is 5.16. The highest BCUT2D eigenvalue weighted by molar-refractivity contribution is 5.86. The van der Waals surface area contributed by atoms with E-state index in [9.17, 15) is 9.18 Å². The summed E-state index contributed by atoms with van der Waals surface area (Å²) in [5.41, 5.74) is 0.386. The first kappa shape index (κ1) is 12.0. The van der Waals surface area contributed by atoms with Crippen molar-refractivity contribution >= 4 is 5.97 Å². The van der Waals surface area contributed by atoms with Gasteiger partial charge >= 0.3 is 5.97 Å². The van der Waals surface area contributed by atoms with Crippen molar-refractivity contribution in [3.05, 3.63) is 47.9 Å². The second-order valence-corrected chi connectivity index (χ2v) is 3.56. The zero-order valence-corrected chi connectivity index (χ0v) is 9.55. The summed E-state index contributed by atoms with van der Waals surface area (Å²) in [4.78, 5) is 14.7. The van der Waals surface area contributed by atoms with Gasteiger partial charge in [-0.05, 0) is 24.3 Å². The molecule has 1 aromatic carbocycles. The highest BCUT2D eigenvalue weighted by Crippen LogP contribution is 2.24. The molecule has 5 heteroatoms. The zero-order chi connectivity index (χ0) is 13.1. The minimum absolute atomic E-state index is 0.122. The molecule has 2 rings (SSSR count). The summed E-state index contributed by atoms with van der Waals surface area (Å²) in [6.07, 6.45) is 0. The second-order valence-electron chi connectivity index (χ2n) is 3.56. The lowest BCUT2D eigenvalue weighted by molar-refractivity contribution is 0.0690. The van der Waals surface area contributed by atoms with Gasteiger partial charge in [0.2, 0.25) is 0 Å². The van der Waals surface area contributed by atoms with E-state index >= 15 is 0 Å². The number of rotatable bonds is 3. The first-order valence-corrected chi connectivity index (χ1v) is 5.16. The Hall–Kier alpha value is -2.43. The van der Waals surface area contributed by atoms with Crippen molar-refractivity contribution in [3.63, 3.8) is 0 Å². The van der Waals surface area contributed by atoms with E-state index in [4.69, 9.17) is 9.84 Å². The summed E-state index contributed by atoms with van der Waals surface area (Å²) >= 11 is 0. The van der Waals surface area contributed by atoms with Crippen LogP contribution in [0, 0.1) is 5.82 Å². The minimum atomic E-state index is -1.15. The first-order chi connectivity index (χ1) is 8.61. The van der Waals surface area contributed by atoms with Gasteiger partial charge < -0.3 is 9.84 Å². The predicted octanol–water partition coefficient (Wildman–Crippen LogP) is 2.59. The highest BCUT2D eigenvalue weighted by Gasteiger charge is 2.10. The highest BCUT2D eigenvalue weighted by atomic mass is 19.1. The topological polar surface area (TPSA) is 59.4 Å². The van der Waals surface area contributed by atoms with E-state index in [1.807, 2.05) is 0 Å². The normalized spacial score (nSPS) is 10.1. The Morgan fingerprint density at radius 2 is 2.11 bits per heavy atom. The van der Waals surface area contributed by atoms with Crippen molar-refractivity contribution in [2.45, 2.75) is 0 Å². The van der Waals surface area contributed by atoms with Gasteiger partial charge in [0.1, 0.15) is 17.3 Å². The largest absolute Gasteiger partial charge is 0.497 e. The Balaban J connectivity index is 2.48. The third-order valence-corrected chi connectivity index (χ3v) is 2.42. The molecule has 0 spiro atoms. The van der Waals surface area contributed by atoms with Gasteiger partial charge in [-0.15, -0.1) is 0 Å². The number of methoxy groups -OCH3 is 1. The van der Waals surface area contributed by atoms with Crippen molar-refractivity contribution in [3.8, 4) is 17.0 Å². The summed E-state index contributed by atoms with van der Waals surface area (Å²) in [6.45, 7) is 0. The molecule has 0 aliphatic heterocycles. The van der Waals surface area contributed by atoms with Gasteiger partial charge in [-0.1, -0.05) is 6.07 Å². The molecule has 1 N–H and O–H groups in total. The van der Waals surface area contributed by atoms with Crippen LogP contribution >= 0.6 is 0 Å². The Morgan fingerprint density at radius 3 is 2.72 bits per heavy atom. The van der Waals surface area contributed by atoms with Crippen LogP contribution in [0.2, 0.25) is 0 Å². The molecular formula is C13H10FNO3. The van der Waals surface area contributed by atoms with Crippen molar-refractivity contribution in [1.29, 1.82) is 0 Å². The molecule has 4 nitrogen and oxygen atoms in total. The van der Waals surface area contributed by atoms with Crippen molar-refractivity contribution < 1.29 is 19.0 Å². The van der Waals surface area contributed by atoms with Crippen LogP contribution in [-0.2, 0) is 0 Å². The Morgan fingerprint density at radius 1 is 1.33 bits per heavy atom. The van der Waals surface area contributed by atoms with Crippen molar-refractivity contribution in [2.75, 3.05) is 7.11 Å². The standard InChI is InChI=1S/C13H10FNO3/c1-18-8-5-6-9(10(14)7-8)11-3-2-4-12(15-11)13(16)17/h2-7H,1H3,(H,16,17). The summed E-state index contributed by atoms with van der Waals surface area (Å²) in [7, 11) is 1.44. The third kappa shape index (κ3) is 2.29. The predicted molar refractivity (Wildman–Crippen MR) is 63.1 cm³/mol. The Labute approximate surface area is 103 Å². The maximum absolute atomic E-state index is 13.8. The van der Waals surface area contributed by atoms with Crippen LogP contribution in [0.25, 0.3) is 11.3 Å². The second kappa shape index (κ2) is 4.83. The molecular weight excluding hydrogens is 237 g/mol. The molecule has 0 bridgehead atoms. The molecule has 0 aliphatic rings. The number of carboxylic acid groups (broad SMARTS) is 1. The Kier molecular flexibility index (Phi) is 3.23. The van der Waals surface area contributed by atoms with E-state index in [1.54, 1.807) is 12.1 Å². The van der Waals surface area contributed by atoms with Gasteiger partial charge in [0, 0.05) is 11.6 Å². The number of hydrogen-bond acceptors (Lipinski definition) is 3. The fourth-order valence-corrected chi connectivity index (χ4v) is 1.53. The third-order valence-electron chi connectivity index (χ3n) is 2.42. The number of benzene rings is 1.